The molecule has 0 atom stereocenters. The molecule has 0 amide bonds. The van der Waals surface area contributed by atoms with Gasteiger partial charge in [0.05, 0.1) is 37.6 Å². The Balaban J connectivity index is 2.06. The molecule has 1 aromatic carbocycles. The smallest absolute Gasteiger partial charge is 0.320 e. The van der Waals surface area contributed by atoms with Crippen LogP contribution in [-0.2, 0) is 7.05 Å². The maximum Gasteiger partial charge on any atom is 0.320 e. The molecule has 3 aromatic heterocycles. The molecule has 182 valence electrons. The van der Waals surface area contributed by atoms with Gasteiger partial charge in [-0.2, -0.15) is 0 Å². The largest absolute Gasteiger partial charge is 0.857 e. The number of thiophene rings is 1. The number of nitrogens with zero attached hydrogens (tertiary/aromatic N) is 4. The molecule has 35 heavy (non-hydrogen) atoms. The van der Waals surface area contributed by atoms with Crippen molar-refractivity contribution in [2.24, 2.45) is 12.0 Å². The van der Waals surface area contributed by atoms with E-state index in [2.05, 4.69) is 15.2 Å². The van der Waals surface area contributed by atoms with E-state index in [1.165, 1.54) is 39.1 Å². The zero-order chi connectivity index (χ0) is 25.4. The average Bonchev–Trinajstić information content (AvgIpc) is 3.38. The van der Waals surface area contributed by atoms with Crippen molar-refractivity contribution in [3.8, 4) is 28.4 Å². The second kappa shape index (κ2) is 9.22. The number of hydrogen-bond donors (Lipinski definition) is 1. The van der Waals surface area contributed by atoms with Gasteiger partial charge in [-0.05, 0) is 31.5 Å². The Hall–Kier alpha value is -4.19. The molecular weight excluding hydrogens is 474 g/mol. The van der Waals surface area contributed by atoms with Gasteiger partial charge in [0.2, 0.25) is 5.75 Å². The Morgan fingerprint density at radius 1 is 1.20 bits per heavy atom. The number of methoxy groups -OCH3 is 3. The summed E-state index contributed by atoms with van der Waals surface area (Å²) >= 11 is 1.08. The summed E-state index contributed by atoms with van der Waals surface area (Å²) in [6, 6.07) is 3.44. The summed E-state index contributed by atoms with van der Waals surface area (Å²) < 4.78 is 22.8. The van der Waals surface area contributed by atoms with E-state index in [-0.39, 0.29) is 22.2 Å². The van der Waals surface area contributed by atoms with Gasteiger partial charge in [0.25, 0.3) is 6.20 Å². The number of benzene rings is 1. The molecule has 2 N–H and O–H groups in total. The fourth-order valence-electron chi connectivity index (χ4n) is 3.88. The minimum Gasteiger partial charge on any atom is -0.857 e. The van der Waals surface area contributed by atoms with Crippen molar-refractivity contribution >= 4 is 44.8 Å². The van der Waals surface area contributed by atoms with Crippen molar-refractivity contribution in [3.63, 3.8) is 0 Å². The lowest BCUT2D eigenvalue weighted by Crippen LogP contribution is -2.27. The Morgan fingerprint density at radius 2 is 1.86 bits per heavy atom. The molecule has 11 nitrogen and oxygen atoms in total. The molecule has 12 heteroatoms. The number of carbonyl (C=O) groups is 1. The number of rotatable bonds is 7. The van der Waals surface area contributed by atoms with Crippen LogP contribution in [0.1, 0.15) is 27.9 Å². The van der Waals surface area contributed by atoms with Crippen molar-refractivity contribution in [2.75, 3.05) is 27.1 Å². The van der Waals surface area contributed by atoms with Gasteiger partial charge in [0, 0.05) is 22.4 Å². The first-order valence-corrected chi connectivity index (χ1v) is 11.1. The molecule has 0 aliphatic carbocycles. The van der Waals surface area contributed by atoms with Crippen LogP contribution in [0.15, 0.2) is 27.8 Å². The molecule has 0 unspecified atom stereocenters. The van der Waals surface area contributed by atoms with E-state index >= 15 is 0 Å². The number of nitrogens with two attached hydrogens (primary N) is 1. The third-order valence-electron chi connectivity index (χ3n) is 5.33. The van der Waals surface area contributed by atoms with E-state index in [0.717, 1.165) is 11.3 Å². The monoisotopic (exact) mass is 497 g/mol. The summed E-state index contributed by atoms with van der Waals surface area (Å²) in [6.45, 7) is 3.18. The van der Waals surface area contributed by atoms with Gasteiger partial charge in [-0.1, -0.05) is 4.68 Å². The Bertz CT molecular complexity index is 1460. The number of aryl methyl sites for hydroxylation is 2. The van der Waals surface area contributed by atoms with E-state index in [4.69, 9.17) is 24.5 Å². The van der Waals surface area contributed by atoms with Crippen LogP contribution in [0.25, 0.3) is 21.3 Å². The lowest BCUT2D eigenvalue weighted by molar-refractivity contribution is -0.739. The van der Waals surface area contributed by atoms with Crippen LogP contribution in [0.4, 0.5) is 11.6 Å². The fraction of sp³-hybridized carbons (Fsp3) is 0.261. The lowest BCUT2D eigenvalue weighted by Gasteiger charge is -2.17. The van der Waals surface area contributed by atoms with Gasteiger partial charge in [-0.25, -0.2) is 9.98 Å². The number of hydrogen-bond acceptors (Lipinski definition) is 11. The van der Waals surface area contributed by atoms with E-state index in [1.807, 2.05) is 0 Å². The Labute approximate surface area is 204 Å². The molecule has 0 bridgehead atoms. The van der Waals surface area contributed by atoms with Crippen LogP contribution in [0, 0.1) is 6.92 Å². The lowest BCUT2D eigenvalue weighted by atomic mass is 9.93. The SMILES string of the molecule is COc1cc(-c2c(C(C)=O)c(C)nc3sc(/C([O-])=N/c4c[n+](C)no4)c(N)c23)cc(OC)c1OC. The van der Waals surface area contributed by atoms with Crippen LogP contribution in [0.2, 0.25) is 0 Å². The molecule has 0 saturated carbocycles. The van der Waals surface area contributed by atoms with Gasteiger partial charge in [0.15, 0.2) is 29.6 Å². The van der Waals surface area contributed by atoms with Crippen LogP contribution in [0.5, 0.6) is 17.2 Å². The maximum atomic E-state index is 13.0. The number of aromatic nitrogens is 3. The number of anilines is 1. The van der Waals surface area contributed by atoms with Gasteiger partial charge >= 0.3 is 5.88 Å². The van der Waals surface area contributed by atoms with Crippen LogP contribution in [0.3, 0.4) is 0 Å². The number of Topliss-reactive ketones (excluding diaryl/α,β-unsaturated/α-hetero) is 1. The van der Waals surface area contributed by atoms with Gasteiger partial charge < -0.3 is 25.1 Å². The fourth-order valence-corrected chi connectivity index (χ4v) is 4.92. The summed E-state index contributed by atoms with van der Waals surface area (Å²) in [6.07, 6.45) is 1.46. The third-order valence-corrected chi connectivity index (χ3v) is 6.42. The van der Waals surface area contributed by atoms with E-state index in [1.54, 1.807) is 26.1 Å². The zero-order valence-electron chi connectivity index (χ0n) is 20.0. The second-order valence-electron chi connectivity index (χ2n) is 7.57. The molecule has 0 radical (unpaired) electrons. The Kier molecular flexibility index (Phi) is 6.31. The number of ketones is 1. The standard InChI is InChI=1S/C23H23N5O6S/c1-10-16(11(2)29)17(12-7-13(31-4)20(33-6)14(8-12)32-5)18-19(24)21(35-23(18)25-10)22(30)26-15-9-28(3)27-34-15/h7-9H,1-6H3,(H2-,24,26,27,30). The zero-order valence-corrected chi connectivity index (χ0v) is 20.8. The maximum absolute atomic E-state index is 13.0. The van der Waals surface area contributed by atoms with Crippen molar-refractivity contribution < 1.29 is 33.3 Å². The minimum absolute atomic E-state index is 0.0350. The number of ether oxygens (including phenoxy) is 3. The van der Waals surface area contributed by atoms with E-state index in [9.17, 15) is 9.90 Å². The number of carbonyl (C=O) groups excluding carboxylic acids is 1. The third kappa shape index (κ3) is 4.12. The number of nitrogen functional groups attached to an aromatic ring is 1. The molecule has 4 aromatic rings. The predicted molar refractivity (Wildman–Crippen MR) is 128 cm³/mol. The van der Waals surface area contributed by atoms with Crippen molar-refractivity contribution in [1.29, 1.82) is 0 Å². The summed E-state index contributed by atoms with van der Waals surface area (Å²) in [5.41, 5.74) is 8.61. The van der Waals surface area contributed by atoms with Gasteiger partial charge in [-0.3, -0.25) is 9.32 Å². The highest BCUT2D eigenvalue weighted by Crippen LogP contribution is 2.47. The van der Waals surface area contributed by atoms with Gasteiger partial charge in [0.1, 0.15) is 4.83 Å². The highest BCUT2D eigenvalue weighted by Gasteiger charge is 2.25. The van der Waals surface area contributed by atoms with Crippen molar-refractivity contribution in [2.45, 2.75) is 13.8 Å². The van der Waals surface area contributed by atoms with E-state index < -0.39 is 5.90 Å². The highest BCUT2D eigenvalue weighted by atomic mass is 32.1. The summed E-state index contributed by atoms with van der Waals surface area (Å²) in [5, 5.41) is 17.1. The van der Waals surface area contributed by atoms with E-state index in [0.29, 0.717) is 49.8 Å². The predicted octanol–water partition coefficient (Wildman–Crippen LogP) is 2.33. The van der Waals surface area contributed by atoms with Crippen molar-refractivity contribution in [1.82, 2.24) is 10.3 Å². The molecule has 0 fully saturated rings. The number of fused-ring (bicyclic) bond motifs is 1. The highest BCUT2D eigenvalue weighted by molar-refractivity contribution is 7.21. The first kappa shape index (κ1) is 24.0. The molecular formula is C23H23N5O6S. The molecule has 0 aliphatic rings. The van der Waals surface area contributed by atoms with Gasteiger partial charge in [-0.15, -0.1) is 11.3 Å². The number of aliphatic imine (C=N–C) groups is 1. The molecule has 0 saturated heterocycles. The first-order chi connectivity index (χ1) is 16.7. The van der Waals surface area contributed by atoms with Crippen LogP contribution in [-0.4, -0.2) is 43.3 Å². The Morgan fingerprint density at radius 3 is 2.37 bits per heavy atom. The summed E-state index contributed by atoms with van der Waals surface area (Å²) in [7, 11) is 6.14. The van der Waals surface area contributed by atoms with Crippen molar-refractivity contribution in [3.05, 3.63) is 34.5 Å². The molecule has 0 spiro atoms. The minimum atomic E-state index is -0.611. The van der Waals surface area contributed by atoms with Crippen LogP contribution >= 0.6 is 11.3 Å². The molecule has 4 rings (SSSR count). The molecule has 3 heterocycles. The quantitative estimate of drug-likeness (QED) is 0.176. The second-order valence-corrected chi connectivity index (χ2v) is 8.57. The first-order valence-electron chi connectivity index (χ1n) is 10.3. The number of pyridine rings is 1. The van der Waals surface area contributed by atoms with Crippen LogP contribution < -0.4 is 29.7 Å². The summed E-state index contributed by atoms with van der Waals surface area (Å²) in [5.74, 6) is 0.415. The average molecular weight is 498 g/mol. The normalized spacial score (nSPS) is 11.7. The molecule has 0 aliphatic heterocycles. The topological polar surface area (TPSA) is 149 Å². The summed E-state index contributed by atoms with van der Waals surface area (Å²) in [4.78, 5) is 21.9.